The van der Waals surface area contributed by atoms with Gasteiger partial charge in [0.1, 0.15) is 5.75 Å². The van der Waals surface area contributed by atoms with Crippen molar-refractivity contribution in [1.29, 1.82) is 0 Å². The topological polar surface area (TPSA) is 9.23 Å². The maximum Gasteiger partial charge on any atom is 0.573 e. The summed E-state index contributed by atoms with van der Waals surface area (Å²) in [6, 6.07) is 6.56. The summed E-state index contributed by atoms with van der Waals surface area (Å²) in [6.07, 6.45) is 8.94. The van der Waals surface area contributed by atoms with E-state index in [4.69, 9.17) is 0 Å². The molecule has 1 aromatic rings. The normalized spacial score (nSPS) is 36.6. The monoisotopic (exact) mass is 394 g/mol. The number of hydrogen-bond donors (Lipinski definition) is 0. The van der Waals surface area contributed by atoms with Crippen molar-refractivity contribution < 1.29 is 17.9 Å². The zero-order valence-corrected chi connectivity index (χ0v) is 16.9. The molecule has 0 aliphatic heterocycles. The van der Waals surface area contributed by atoms with E-state index >= 15 is 0 Å². The van der Waals surface area contributed by atoms with E-state index in [0.717, 1.165) is 35.2 Å². The van der Waals surface area contributed by atoms with E-state index in [9.17, 15) is 13.2 Å². The van der Waals surface area contributed by atoms with E-state index in [1.807, 2.05) is 12.1 Å². The fourth-order valence-corrected chi connectivity index (χ4v) is 6.45. The van der Waals surface area contributed by atoms with Crippen LogP contribution in [0.15, 0.2) is 24.3 Å². The molecular weight excluding hydrogens is 361 g/mol. The highest BCUT2D eigenvalue weighted by molar-refractivity contribution is 5.29. The van der Waals surface area contributed by atoms with Crippen LogP contribution < -0.4 is 4.74 Å². The number of fused-ring (bicyclic) bond motifs is 1. The van der Waals surface area contributed by atoms with Crippen molar-refractivity contribution in [2.45, 2.75) is 83.4 Å². The number of rotatable bonds is 3. The molecule has 3 fully saturated rings. The van der Waals surface area contributed by atoms with Crippen LogP contribution in [0, 0.1) is 29.6 Å². The Morgan fingerprint density at radius 3 is 1.89 bits per heavy atom. The molecule has 3 saturated carbocycles. The molecule has 0 saturated heterocycles. The largest absolute Gasteiger partial charge is 0.573 e. The second-order valence-corrected chi connectivity index (χ2v) is 9.74. The third-order valence-corrected chi connectivity index (χ3v) is 7.94. The van der Waals surface area contributed by atoms with Gasteiger partial charge in [0.15, 0.2) is 0 Å². The molecule has 0 bridgehead atoms. The highest BCUT2D eigenvalue weighted by Gasteiger charge is 2.38. The molecule has 4 heteroatoms. The SMILES string of the molecule is CC1CCC2CC(C3CCC(c4ccc(OC(F)(F)F)cc4)CC3)CCC2C1. The lowest BCUT2D eigenvalue weighted by Gasteiger charge is -2.45. The third kappa shape index (κ3) is 4.86. The molecule has 28 heavy (non-hydrogen) atoms. The molecule has 0 radical (unpaired) electrons. The minimum absolute atomic E-state index is 0.122. The van der Waals surface area contributed by atoms with Crippen LogP contribution in [0.5, 0.6) is 5.75 Å². The van der Waals surface area contributed by atoms with Gasteiger partial charge < -0.3 is 4.74 Å². The first-order valence-electron chi connectivity index (χ1n) is 11.2. The van der Waals surface area contributed by atoms with Gasteiger partial charge in [-0.1, -0.05) is 25.5 Å². The molecule has 3 aliphatic carbocycles. The Morgan fingerprint density at radius 1 is 0.714 bits per heavy atom. The van der Waals surface area contributed by atoms with Gasteiger partial charge in [-0.2, -0.15) is 0 Å². The third-order valence-electron chi connectivity index (χ3n) is 7.94. The van der Waals surface area contributed by atoms with Gasteiger partial charge in [0.05, 0.1) is 0 Å². The lowest BCUT2D eigenvalue weighted by atomic mass is 9.61. The number of alkyl halides is 3. The van der Waals surface area contributed by atoms with Crippen LogP contribution in [0.2, 0.25) is 0 Å². The molecule has 1 aromatic carbocycles. The summed E-state index contributed by atoms with van der Waals surface area (Å²) in [4.78, 5) is 0. The predicted octanol–water partition coefficient (Wildman–Crippen LogP) is 7.71. The molecule has 3 aliphatic rings. The zero-order valence-electron chi connectivity index (χ0n) is 16.9. The summed E-state index contributed by atoms with van der Waals surface area (Å²) < 4.78 is 40.9. The van der Waals surface area contributed by atoms with Gasteiger partial charge in [-0.05, 0) is 111 Å². The van der Waals surface area contributed by atoms with Gasteiger partial charge in [0, 0.05) is 0 Å². The quantitative estimate of drug-likeness (QED) is 0.510. The van der Waals surface area contributed by atoms with Crippen molar-refractivity contribution >= 4 is 0 Å². The number of halogens is 3. The second-order valence-electron chi connectivity index (χ2n) is 9.74. The van der Waals surface area contributed by atoms with Crippen LogP contribution >= 0.6 is 0 Å². The highest BCUT2D eigenvalue weighted by atomic mass is 19.4. The van der Waals surface area contributed by atoms with E-state index in [1.54, 1.807) is 0 Å². The first-order valence-corrected chi connectivity index (χ1v) is 11.2. The van der Waals surface area contributed by atoms with E-state index in [2.05, 4.69) is 11.7 Å². The van der Waals surface area contributed by atoms with E-state index in [0.29, 0.717) is 5.92 Å². The first kappa shape index (κ1) is 20.1. The molecule has 4 atom stereocenters. The van der Waals surface area contributed by atoms with Gasteiger partial charge in [-0.3, -0.25) is 0 Å². The average Bonchev–Trinajstić information content (AvgIpc) is 2.67. The van der Waals surface area contributed by atoms with Crippen LogP contribution in [0.4, 0.5) is 13.2 Å². The zero-order chi connectivity index (χ0) is 19.7. The summed E-state index contributed by atoms with van der Waals surface area (Å²) in [5.74, 6) is 5.05. The highest BCUT2D eigenvalue weighted by Crippen LogP contribution is 2.49. The van der Waals surface area contributed by atoms with Gasteiger partial charge >= 0.3 is 6.36 Å². The molecule has 156 valence electrons. The number of hydrogen-bond acceptors (Lipinski definition) is 1. The number of benzene rings is 1. The molecule has 0 spiro atoms. The second kappa shape index (κ2) is 8.28. The Balaban J connectivity index is 1.28. The molecule has 4 rings (SSSR count). The Labute approximate surface area is 167 Å². The lowest BCUT2D eigenvalue weighted by Crippen LogP contribution is -2.34. The van der Waals surface area contributed by atoms with Gasteiger partial charge in [-0.15, -0.1) is 13.2 Å². The molecule has 0 aromatic heterocycles. The van der Waals surface area contributed by atoms with Crippen LogP contribution in [0.25, 0.3) is 0 Å². The molecule has 0 amide bonds. The van der Waals surface area contributed by atoms with Crippen molar-refractivity contribution in [3.8, 4) is 5.75 Å². The summed E-state index contributed by atoms with van der Waals surface area (Å²) in [7, 11) is 0. The van der Waals surface area contributed by atoms with Crippen LogP contribution in [-0.4, -0.2) is 6.36 Å². The van der Waals surface area contributed by atoms with Gasteiger partial charge in [0.25, 0.3) is 0 Å². The molecular formula is C24H33F3O. The standard InChI is InChI=1S/C24H33F3O/c1-16-2-3-22-15-21(9-8-20(22)14-16)19-6-4-17(5-7-19)18-10-12-23(13-11-18)28-24(25,26)27/h10-13,16-17,19-22H,2-9,14-15H2,1H3. The number of ether oxygens (including phenoxy) is 1. The van der Waals surface area contributed by atoms with E-state index in [-0.39, 0.29) is 5.75 Å². The van der Waals surface area contributed by atoms with Crippen molar-refractivity contribution in [1.82, 2.24) is 0 Å². The Kier molecular flexibility index (Phi) is 5.94. The Bertz CT molecular complexity index is 630. The van der Waals surface area contributed by atoms with Gasteiger partial charge in [-0.25, -0.2) is 0 Å². The van der Waals surface area contributed by atoms with Crippen LogP contribution in [0.3, 0.4) is 0 Å². The minimum Gasteiger partial charge on any atom is -0.406 e. The first-order chi connectivity index (χ1) is 13.4. The summed E-state index contributed by atoms with van der Waals surface area (Å²) in [6.45, 7) is 2.42. The molecule has 4 unspecified atom stereocenters. The maximum atomic E-state index is 12.3. The minimum atomic E-state index is -4.62. The fourth-order valence-electron chi connectivity index (χ4n) is 6.45. The Hall–Kier alpha value is -1.19. The smallest absolute Gasteiger partial charge is 0.406 e. The van der Waals surface area contributed by atoms with Crippen molar-refractivity contribution in [2.75, 3.05) is 0 Å². The lowest BCUT2D eigenvalue weighted by molar-refractivity contribution is -0.274. The van der Waals surface area contributed by atoms with Crippen LogP contribution in [0.1, 0.15) is 82.6 Å². The predicted molar refractivity (Wildman–Crippen MR) is 105 cm³/mol. The van der Waals surface area contributed by atoms with E-state index < -0.39 is 6.36 Å². The van der Waals surface area contributed by atoms with Crippen LogP contribution in [-0.2, 0) is 0 Å². The van der Waals surface area contributed by atoms with Crippen molar-refractivity contribution in [3.63, 3.8) is 0 Å². The Morgan fingerprint density at radius 2 is 1.25 bits per heavy atom. The molecule has 0 N–H and O–H groups in total. The summed E-state index contributed by atoms with van der Waals surface area (Å²) in [5, 5.41) is 0. The van der Waals surface area contributed by atoms with Gasteiger partial charge in [0.2, 0.25) is 0 Å². The average molecular weight is 395 g/mol. The maximum absolute atomic E-state index is 12.3. The molecule has 1 nitrogen and oxygen atoms in total. The summed E-state index contributed by atoms with van der Waals surface area (Å²) in [5.41, 5.74) is 1.16. The molecule has 0 heterocycles. The van der Waals surface area contributed by atoms with E-state index in [1.165, 1.54) is 76.3 Å². The van der Waals surface area contributed by atoms with Crippen molar-refractivity contribution in [2.24, 2.45) is 29.6 Å². The van der Waals surface area contributed by atoms with Crippen molar-refractivity contribution in [3.05, 3.63) is 29.8 Å². The fraction of sp³-hybridized carbons (Fsp3) is 0.750. The summed E-state index contributed by atoms with van der Waals surface area (Å²) >= 11 is 0.